The van der Waals surface area contributed by atoms with Crippen LogP contribution in [0.1, 0.15) is 37.3 Å². The van der Waals surface area contributed by atoms with Crippen LogP contribution < -0.4 is 5.32 Å². The van der Waals surface area contributed by atoms with E-state index in [0.29, 0.717) is 11.5 Å². The van der Waals surface area contributed by atoms with E-state index in [9.17, 15) is 0 Å². The van der Waals surface area contributed by atoms with Crippen LogP contribution in [0.5, 0.6) is 0 Å². The van der Waals surface area contributed by atoms with E-state index in [4.69, 9.17) is 16.3 Å². The number of ether oxygens (including phenoxy) is 1. The number of morpholine rings is 1. The fourth-order valence-electron chi connectivity index (χ4n) is 4.75. The minimum atomic E-state index is 0. The third-order valence-corrected chi connectivity index (χ3v) is 6.81. The monoisotopic (exact) mass is 518 g/mol. The molecule has 1 N–H and O–H groups in total. The van der Waals surface area contributed by atoms with Gasteiger partial charge < -0.3 is 15.0 Å². The van der Waals surface area contributed by atoms with Crippen LogP contribution in [0.15, 0.2) is 29.3 Å². The Morgan fingerprint density at radius 2 is 1.89 bits per heavy atom. The van der Waals surface area contributed by atoms with Gasteiger partial charge in [-0.2, -0.15) is 0 Å². The van der Waals surface area contributed by atoms with Crippen molar-refractivity contribution in [1.29, 1.82) is 0 Å². The molecule has 156 valence electrons. The Morgan fingerprint density at radius 1 is 1.18 bits per heavy atom. The van der Waals surface area contributed by atoms with Gasteiger partial charge in [0.05, 0.1) is 19.3 Å². The van der Waals surface area contributed by atoms with Crippen LogP contribution in [0.2, 0.25) is 5.02 Å². The number of hydrogen-bond donors (Lipinski definition) is 1. The summed E-state index contributed by atoms with van der Waals surface area (Å²) in [5, 5.41) is 4.45. The molecule has 4 rings (SSSR count). The molecule has 5 nitrogen and oxygen atoms in total. The Balaban J connectivity index is 0.00000225. The normalized spacial score (nSPS) is 23.2. The molecule has 1 spiro atoms. The largest absolute Gasteiger partial charge is 0.379 e. The quantitative estimate of drug-likeness (QED) is 0.374. The second-order valence-electron chi connectivity index (χ2n) is 8.17. The van der Waals surface area contributed by atoms with E-state index in [1.54, 1.807) is 0 Å². The van der Waals surface area contributed by atoms with Crippen LogP contribution in [0.25, 0.3) is 0 Å². The Bertz CT molecular complexity index is 659. The zero-order valence-corrected chi connectivity index (χ0v) is 19.8. The van der Waals surface area contributed by atoms with Crippen molar-refractivity contribution in [2.75, 3.05) is 53.0 Å². The van der Waals surface area contributed by atoms with Gasteiger partial charge in [0, 0.05) is 44.8 Å². The van der Waals surface area contributed by atoms with Crippen LogP contribution in [-0.4, -0.2) is 68.7 Å². The Kier molecular flexibility index (Phi) is 7.87. The molecule has 28 heavy (non-hydrogen) atoms. The predicted octanol–water partition coefficient (Wildman–Crippen LogP) is 3.78. The van der Waals surface area contributed by atoms with Crippen LogP contribution in [0.4, 0.5) is 0 Å². The summed E-state index contributed by atoms with van der Waals surface area (Å²) < 4.78 is 5.56. The Labute approximate surface area is 190 Å². The first-order valence-electron chi connectivity index (χ1n) is 10.2. The minimum Gasteiger partial charge on any atom is -0.379 e. The fourth-order valence-corrected chi connectivity index (χ4v) is 4.88. The van der Waals surface area contributed by atoms with Crippen molar-refractivity contribution in [2.45, 2.75) is 31.7 Å². The van der Waals surface area contributed by atoms with Gasteiger partial charge in [0.1, 0.15) is 0 Å². The summed E-state index contributed by atoms with van der Waals surface area (Å²) in [4.78, 5) is 9.55. The molecular weight excluding hydrogens is 487 g/mol. The van der Waals surface area contributed by atoms with E-state index in [2.05, 4.69) is 32.2 Å². The fraction of sp³-hybridized carbons (Fsp3) is 0.667. The van der Waals surface area contributed by atoms with Crippen molar-refractivity contribution in [3.05, 3.63) is 34.9 Å². The number of rotatable bonds is 4. The van der Waals surface area contributed by atoms with E-state index in [-0.39, 0.29) is 24.0 Å². The highest BCUT2D eigenvalue weighted by atomic mass is 127. The van der Waals surface area contributed by atoms with Crippen LogP contribution in [-0.2, 0) is 4.74 Å². The van der Waals surface area contributed by atoms with Crippen molar-refractivity contribution < 1.29 is 4.74 Å². The van der Waals surface area contributed by atoms with E-state index >= 15 is 0 Å². The standard InChI is InChI=1S/C21H31ClN4O.HI/c1-23-20(26-10-9-21(16-26)7-2-8-21)24-15-19(25-11-13-27-14-12-25)17-3-5-18(22)6-4-17;/h3-6,19H,2,7-16H2,1H3,(H,23,24);1H. The lowest BCUT2D eigenvalue weighted by atomic mass is 9.68. The summed E-state index contributed by atoms with van der Waals surface area (Å²) in [5.74, 6) is 1.05. The van der Waals surface area contributed by atoms with Crippen molar-refractivity contribution in [3.8, 4) is 0 Å². The van der Waals surface area contributed by atoms with Gasteiger partial charge in [-0.25, -0.2) is 0 Å². The number of aliphatic imine (C=N–C) groups is 1. The van der Waals surface area contributed by atoms with Gasteiger partial charge in [-0.3, -0.25) is 9.89 Å². The maximum Gasteiger partial charge on any atom is 0.193 e. The zero-order chi connectivity index (χ0) is 18.7. The molecule has 0 aromatic heterocycles. The number of benzene rings is 1. The van der Waals surface area contributed by atoms with E-state index < -0.39 is 0 Å². The molecule has 1 atom stereocenters. The third-order valence-electron chi connectivity index (χ3n) is 6.56. The topological polar surface area (TPSA) is 40.1 Å². The molecule has 1 saturated carbocycles. The highest BCUT2D eigenvalue weighted by Gasteiger charge is 2.43. The highest BCUT2D eigenvalue weighted by Crippen LogP contribution is 2.47. The molecule has 3 aliphatic rings. The summed E-state index contributed by atoms with van der Waals surface area (Å²) in [6.07, 6.45) is 5.50. The molecule has 1 aromatic carbocycles. The average molecular weight is 519 g/mol. The minimum absolute atomic E-state index is 0. The number of hydrogen-bond acceptors (Lipinski definition) is 3. The van der Waals surface area contributed by atoms with E-state index in [1.165, 1.54) is 31.2 Å². The van der Waals surface area contributed by atoms with Gasteiger partial charge in [-0.15, -0.1) is 24.0 Å². The van der Waals surface area contributed by atoms with Crippen molar-refractivity contribution in [2.24, 2.45) is 10.4 Å². The highest BCUT2D eigenvalue weighted by molar-refractivity contribution is 14.0. The second-order valence-corrected chi connectivity index (χ2v) is 8.61. The zero-order valence-electron chi connectivity index (χ0n) is 16.7. The molecule has 1 aromatic rings. The average Bonchev–Trinajstić information content (AvgIpc) is 3.13. The van der Waals surface area contributed by atoms with Gasteiger partial charge in [-0.05, 0) is 42.4 Å². The van der Waals surface area contributed by atoms with Gasteiger partial charge in [0.25, 0.3) is 0 Å². The first-order chi connectivity index (χ1) is 13.2. The van der Waals surface area contributed by atoms with Crippen molar-refractivity contribution in [3.63, 3.8) is 0 Å². The van der Waals surface area contributed by atoms with Crippen LogP contribution in [0.3, 0.4) is 0 Å². The van der Waals surface area contributed by atoms with Crippen molar-refractivity contribution in [1.82, 2.24) is 15.1 Å². The summed E-state index contributed by atoms with van der Waals surface area (Å²) >= 11 is 6.11. The smallest absolute Gasteiger partial charge is 0.193 e. The number of halogens is 2. The first kappa shape index (κ1) is 22.1. The number of likely N-dealkylation sites (tertiary alicyclic amines) is 1. The molecule has 0 radical (unpaired) electrons. The third kappa shape index (κ3) is 4.94. The first-order valence-corrected chi connectivity index (χ1v) is 10.6. The lowest BCUT2D eigenvalue weighted by Gasteiger charge is -2.38. The molecule has 1 aliphatic carbocycles. The van der Waals surface area contributed by atoms with Gasteiger partial charge >= 0.3 is 0 Å². The molecule has 2 saturated heterocycles. The maximum atomic E-state index is 6.11. The lowest BCUT2D eigenvalue weighted by Crippen LogP contribution is -2.47. The summed E-state index contributed by atoms with van der Waals surface area (Å²) in [6.45, 7) is 6.65. The lowest BCUT2D eigenvalue weighted by molar-refractivity contribution is 0.0169. The number of nitrogens with zero attached hydrogens (tertiary/aromatic N) is 3. The summed E-state index contributed by atoms with van der Waals surface area (Å²) in [5.41, 5.74) is 1.87. The number of guanidine groups is 1. The van der Waals surface area contributed by atoms with Gasteiger partial charge in [0.2, 0.25) is 0 Å². The van der Waals surface area contributed by atoms with E-state index in [1.807, 2.05) is 19.2 Å². The molecule has 0 amide bonds. The maximum absolute atomic E-state index is 6.11. The van der Waals surface area contributed by atoms with Gasteiger partial charge in [0.15, 0.2) is 5.96 Å². The van der Waals surface area contributed by atoms with E-state index in [0.717, 1.165) is 56.9 Å². The Hall–Kier alpha value is -0.570. The van der Waals surface area contributed by atoms with Gasteiger partial charge in [-0.1, -0.05) is 30.2 Å². The molecule has 0 bridgehead atoms. The summed E-state index contributed by atoms with van der Waals surface area (Å²) in [7, 11) is 1.90. The van der Waals surface area contributed by atoms with Crippen LogP contribution in [0, 0.1) is 5.41 Å². The molecule has 2 aliphatic heterocycles. The molecule has 7 heteroatoms. The molecule has 3 fully saturated rings. The van der Waals surface area contributed by atoms with Crippen LogP contribution >= 0.6 is 35.6 Å². The SMILES string of the molecule is CN=C(NCC(c1ccc(Cl)cc1)N1CCOCC1)N1CCC2(CCC2)C1.I. The predicted molar refractivity (Wildman–Crippen MR) is 126 cm³/mol. The summed E-state index contributed by atoms with van der Waals surface area (Å²) in [6, 6.07) is 8.56. The molecular formula is C21H32ClIN4O. The van der Waals surface area contributed by atoms with Crippen molar-refractivity contribution >= 4 is 41.5 Å². The molecule has 2 heterocycles. The Morgan fingerprint density at radius 3 is 2.46 bits per heavy atom. The number of nitrogens with one attached hydrogen (secondary N) is 1. The molecule has 1 unspecified atom stereocenters. The second kappa shape index (κ2) is 9.96.